The number of hydrogen-bond donors (Lipinski definition) is 2. The molecule has 1 unspecified atom stereocenters. The monoisotopic (exact) mass is 421 g/mol. The van der Waals surface area contributed by atoms with Crippen LogP contribution in [-0.2, 0) is 4.79 Å². The van der Waals surface area contributed by atoms with E-state index >= 15 is 0 Å². The van der Waals surface area contributed by atoms with E-state index in [-0.39, 0.29) is 17.5 Å². The summed E-state index contributed by atoms with van der Waals surface area (Å²) in [4.78, 5) is 27.2. The second kappa shape index (κ2) is 10.8. The van der Waals surface area contributed by atoms with Gasteiger partial charge in [0, 0.05) is 29.9 Å². The van der Waals surface area contributed by atoms with Crippen molar-refractivity contribution in [2.75, 3.05) is 5.75 Å². The Balaban J connectivity index is 1.82. The lowest BCUT2D eigenvalue weighted by Crippen LogP contribution is -2.22. The maximum Gasteiger partial charge on any atom is 0.355 e. The molecule has 1 saturated carbocycles. The van der Waals surface area contributed by atoms with Gasteiger partial charge in [0.1, 0.15) is 5.78 Å². The molecule has 0 bridgehead atoms. The van der Waals surface area contributed by atoms with Crippen LogP contribution in [-0.4, -0.2) is 38.3 Å². The number of hydrogen-bond acceptors (Lipinski definition) is 6. The summed E-state index contributed by atoms with van der Waals surface area (Å²) in [5, 5.41) is 20.9. The molecule has 0 amide bonds. The Labute approximate surface area is 174 Å². The molecule has 0 saturated heterocycles. The van der Waals surface area contributed by atoms with Crippen LogP contribution in [0.5, 0.6) is 0 Å². The van der Waals surface area contributed by atoms with Crippen LogP contribution >= 0.6 is 23.1 Å². The quantitative estimate of drug-likeness (QED) is 0.330. The summed E-state index contributed by atoms with van der Waals surface area (Å²) in [6.45, 7) is 3.62. The molecule has 2 rings (SSSR count). The first kappa shape index (κ1) is 22.7. The number of carboxylic acids is 1. The molecule has 0 aliphatic heterocycles. The van der Waals surface area contributed by atoms with E-state index in [9.17, 15) is 14.7 Å². The number of carboxylic acid groups (broad SMARTS) is 1. The maximum absolute atomic E-state index is 12.3. The minimum Gasteiger partial charge on any atom is -0.476 e. The number of carbonyl (C=O) groups excluding carboxylic acids is 1. The van der Waals surface area contributed by atoms with Gasteiger partial charge in [-0.2, -0.15) is 0 Å². The summed E-state index contributed by atoms with van der Waals surface area (Å²) in [5.41, 5.74) is -0.705. The van der Waals surface area contributed by atoms with Crippen LogP contribution in [0.15, 0.2) is 21.9 Å². The number of carbonyl (C=O) groups is 2. The molecule has 7 heteroatoms. The predicted molar refractivity (Wildman–Crippen MR) is 113 cm³/mol. The Kier molecular flexibility index (Phi) is 8.74. The fourth-order valence-corrected chi connectivity index (χ4v) is 5.18. The highest BCUT2D eigenvalue weighted by molar-refractivity contribution is 8.01. The summed E-state index contributed by atoms with van der Waals surface area (Å²) in [7, 11) is 0. The molecular formula is C21H27NO4S2. The van der Waals surface area contributed by atoms with Crippen LogP contribution in [0.4, 0.5) is 0 Å². The summed E-state index contributed by atoms with van der Waals surface area (Å²) in [5.74, 6) is 6.04. The number of nitrogens with zero attached hydrogens (tertiary/aromatic N) is 1. The zero-order valence-electron chi connectivity index (χ0n) is 16.3. The minimum atomic E-state index is -1.02. The zero-order valence-corrected chi connectivity index (χ0v) is 17.9. The first-order chi connectivity index (χ1) is 13.3. The molecule has 1 fully saturated rings. The molecular weight excluding hydrogens is 394 g/mol. The van der Waals surface area contributed by atoms with Crippen molar-refractivity contribution in [1.29, 1.82) is 0 Å². The van der Waals surface area contributed by atoms with Gasteiger partial charge in [-0.3, -0.25) is 4.79 Å². The van der Waals surface area contributed by atoms with Crippen molar-refractivity contribution in [1.82, 2.24) is 4.98 Å². The Morgan fingerprint density at radius 3 is 3.00 bits per heavy atom. The SMILES string of the molecule is CC#CCCC(C)(O)C/C=C/[C@H]1CCC(=O)[C@@H]1CCSc1nc(C(=O)O)cs1. The molecule has 1 aliphatic carbocycles. The lowest BCUT2D eigenvalue weighted by Gasteiger charge is -2.21. The summed E-state index contributed by atoms with van der Waals surface area (Å²) < 4.78 is 0.723. The van der Waals surface area contributed by atoms with Gasteiger partial charge in [0.05, 0.1) is 5.60 Å². The standard InChI is InChI=1S/C21H27NO4S2/c1-3-4-5-11-21(2,26)12-6-7-15-8-9-18(23)16(15)10-13-27-20-22-17(14-28-20)19(24)25/h6-7,14-16,26H,5,8-13H2,1-2H3,(H,24,25)/b7-6+/t15-,16+,21?/m0/s1. The maximum atomic E-state index is 12.3. The number of thioether (sulfide) groups is 1. The normalized spacial score (nSPS) is 21.5. The Hall–Kier alpha value is -1.62. The molecule has 1 heterocycles. The third kappa shape index (κ3) is 7.08. The van der Waals surface area contributed by atoms with Gasteiger partial charge in [-0.15, -0.1) is 23.2 Å². The average molecular weight is 422 g/mol. The van der Waals surface area contributed by atoms with E-state index in [0.29, 0.717) is 31.5 Å². The number of aromatic carboxylic acids is 1. The minimum absolute atomic E-state index is 0.00133. The number of rotatable bonds is 10. The fraction of sp³-hybridized carbons (Fsp3) is 0.571. The van der Waals surface area contributed by atoms with E-state index < -0.39 is 11.6 Å². The first-order valence-corrected chi connectivity index (χ1v) is 11.3. The Morgan fingerprint density at radius 2 is 2.32 bits per heavy atom. The van der Waals surface area contributed by atoms with Crippen molar-refractivity contribution in [2.45, 2.75) is 62.3 Å². The van der Waals surface area contributed by atoms with Gasteiger partial charge in [-0.05, 0) is 45.4 Å². The molecule has 0 radical (unpaired) electrons. The van der Waals surface area contributed by atoms with Gasteiger partial charge in [-0.25, -0.2) is 9.78 Å². The van der Waals surface area contributed by atoms with E-state index in [2.05, 4.69) is 22.9 Å². The number of allylic oxidation sites excluding steroid dienone is 1. The van der Waals surface area contributed by atoms with Gasteiger partial charge >= 0.3 is 5.97 Å². The van der Waals surface area contributed by atoms with Crippen molar-refractivity contribution in [3.63, 3.8) is 0 Å². The Morgan fingerprint density at radius 1 is 1.54 bits per heavy atom. The van der Waals surface area contributed by atoms with Crippen LogP contribution in [0, 0.1) is 23.7 Å². The fourth-order valence-electron chi connectivity index (χ4n) is 3.29. The summed E-state index contributed by atoms with van der Waals surface area (Å²) in [6, 6.07) is 0. The van der Waals surface area contributed by atoms with E-state index in [1.54, 1.807) is 6.92 Å². The van der Waals surface area contributed by atoms with Crippen molar-refractivity contribution in [3.8, 4) is 11.8 Å². The van der Waals surface area contributed by atoms with Crippen molar-refractivity contribution < 1.29 is 19.8 Å². The molecule has 1 aromatic rings. The molecule has 28 heavy (non-hydrogen) atoms. The zero-order chi connectivity index (χ0) is 20.6. The number of aliphatic hydroxyl groups is 1. The summed E-state index contributed by atoms with van der Waals surface area (Å²) in [6.07, 6.45) is 8.18. The van der Waals surface area contributed by atoms with Crippen LogP contribution in [0.3, 0.4) is 0 Å². The average Bonchev–Trinajstić information content (AvgIpc) is 3.23. The topological polar surface area (TPSA) is 87.5 Å². The molecule has 0 aromatic carbocycles. The van der Waals surface area contributed by atoms with E-state index in [0.717, 1.165) is 22.9 Å². The number of ketones is 1. The van der Waals surface area contributed by atoms with Gasteiger partial charge in [0.2, 0.25) is 0 Å². The van der Waals surface area contributed by atoms with Crippen molar-refractivity contribution >= 4 is 34.9 Å². The third-order valence-corrected chi connectivity index (χ3v) is 6.97. The highest BCUT2D eigenvalue weighted by Crippen LogP contribution is 2.35. The number of Topliss-reactive ketones (excluding diaryl/α,β-unsaturated/α-hetero) is 1. The predicted octanol–water partition coefficient (Wildman–Crippen LogP) is 4.42. The van der Waals surface area contributed by atoms with Gasteiger partial charge in [-0.1, -0.05) is 23.9 Å². The molecule has 5 nitrogen and oxygen atoms in total. The second-order valence-electron chi connectivity index (χ2n) is 7.27. The largest absolute Gasteiger partial charge is 0.476 e. The van der Waals surface area contributed by atoms with E-state index in [1.807, 2.05) is 13.0 Å². The van der Waals surface area contributed by atoms with Crippen LogP contribution in [0.2, 0.25) is 0 Å². The first-order valence-electron chi connectivity index (χ1n) is 9.45. The van der Waals surface area contributed by atoms with Gasteiger partial charge in [0.15, 0.2) is 10.0 Å². The summed E-state index contributed by atoms with van der Waals surface area (Å²) >= 11 is 2.83. The van der Waals surface area contributed by atoms with Gasteiger partial charge < -0.3 is 10.2 Å². The molecule has 152 valence electrons. The smallest absolute Gasteiger partial charge is 0.355 e. The number of aromatic nitrogens is 1. The van der Waals surface area contributed by atoms with Gasteiger partial charge in [0.25, 0.3) is 0 Å². The van der Waals surface area contributed by atoms with Crippen LogP contribution in [0.1, 0.15) is 62.9 Å². The lowest BCUT2D eigenvalue weighted by molar-refractivity contribution is -0.121. The third-order valence-electron chi connectivity index (χ3n) is 4.92. The van der Waals surface area contributed by atoms with Crippen molar-refractivity contribution in [3.05, 3.63) is 23.2 Å². The Bertz CT molecular complexity index is 773. The second-order valence-corrected chi connectivity index (χ2v) is 9.47. The highest BCUT2D eigenvalue weighted by atomic mass is 32.2. The van der Waals surface area contributed by atoms with Crippen LogP contribution in [0.25, 0.3) is 0 Å². The van der Waals surface area contributed by atoms with Crippen LogP contribution < -0.4 is 0 Å². The molecule has 0 spiro atoms. The van der Waals surface area contributed by atoms with Crippen molar-refractivity contribution in [2.24, 2.45) is 11.8 Å². The molecule has 2 N–H and O–H groups in total. The lowest BCUT2D eigenvalue weighted by atomic mass is 9.90. The van der Waals surface area contributed by atoms with E-state index in [1.165, 1.54) is 28.5 Å². The number of thiazole rings is 1. The van der Waals surface area contributed by atoms with E-state index in [4.69, 9.17) is 5.11 Å². The molecule has 3 atom stereocenters. The molecule has 1 aromatic heterocycles. The molecule has 1 aliphatic rings. The highest BCUT2D eigenvalue weighted by Gasteiger charge is 2.32.